The van der Waals surface area contributed by atoms with E-state index in [0.717, 1.165) is 10.0 Å². The molecule has 0 atom stereocenters. The zero-order valence-electron chi connectivity index (χ0n) is 9.47. The van der Waals surface area contributed by atoms with Gasteiger partial charge < -0.3 is 9.52 Å². The molecule has 2 rings (SSSR count). The molecular formula is C12H11BrN2O3. The highest BCUT2D eigenvalue weighted by molar-refractivity contribution is 9.10. The van der Waals surface area contributed by atoms with Crippen LogP contribution in [0.25, 0.3) is 11.5 Å². The van der Waals surface area contributed by atoms with Gasteiger partial charge in [-0.15, -0.1) is 10.2 Å². The molecule has 1 N–H and O–H groups in total. The lowest BCUT2D eigenvalue weighted by atomic mass is 10.2. The number of hydrogen-bond donors (Lipinski definition) is 1. The predicted molar refractivity (Wildman–Crippen MR) is 68.0 cm³/mol. The van der Waals surface area contributed by atoms with Crippen LogP contribution in [0.1, 0.15) is 18.7 Å². The highest BCUT2D eigenvalue weighted by Gasteiger charge is 2.08. The van der Waals surface area contributed by atoms with Crippen LogP contribution in [0.15, 0.2) is 33.2 Å². The lowest BCUT2D eigenvalue weighted by Crippen LogP contribution is -1.95. The van der Waals surface area contributed by atoms with Gasteiger partial charge >= 0.3 is 5.97 Å². The monoisotopic (exact) mass is 310 g/mol. The van der Waals surface area contributed by atoms with E-state index in [2.05, 4.69) is 26.1 Å². The van der Waals surface area contributed by atoms with Crippen LogP contribution >= 0.6 is 15.9 Å². The van der Waals surface area contributed by atoms with E-state index < -0.39 is 5.97 Å². The Morgan fingerprint density at radius 3 is 2.67 bits per heavy atom. The Morgan fingerprint density at radius 2 is 2.00 bits per heavy atom. The summed E-state index contributed by atoms with van der Waals surface area (Å²) in [6.45, 7) is 0. The fourth-order valence-corrected chi connectivity index (χ4v) is 1.72. The highest BCUT2D eigenvalue weighted by atomic mass is 79.9. The minimum absolute atomic E-state index is 0.107. The number of halogens is 1. The Labute approximate surface area is 112 Å². The van der Waals surface area contributed by atoms with Gasteiger partial charge in [0.25, 0.3) is 0 Å². The molecule has 6 heteroatoms. The highest BCUT2D eigenvalue weighted by Crippen LogP contribution is 2.20. The Hall–Kier alpha value is -1.69. The Morgan fingerprint density at radius 1 is 1.28 bits per heavy atom. The first-order valence-electron chi connectivity index (χ1n) is 5.45. The minimum atomic E-state index is -0.817. The number of aromatic nitrogens is 2. The Balaban J connectivity index is 2.01. The lowest BCUT2D eigenvalue weighted by Gasteiger charge is -1.95. The third-order valence-electron chi connectivity index (χ3n) is 2.34. The van der Waals surface area contributed by atoms with E-state index in [1.54, 1.807) is 0 Å². The van der Waals surface area contributed by atoms with Crippen LogP contribution in [-0.4, -0.2) is 21.3 Å². The maximum Gasteiger partial charge on any atom is 0.303 e. The van der Waals surface area contributed by atoms with Crippen molar-refractivity contribution in [1.82, 2.24) is 10.2 Å². The second-order valence-corrected chi connectivity index (χ2v) is 4.67. The zero-order valence-corrected chi connectivity index (χ0v) is 11.1. The summed E-state index contributed by atoms with van der Waals surface area (Å²) in [7, 11) is 0. The van der Waals surface area contributed by atoms with Crippen molar-refractivity contribution in [2.75, 3.05) is 0 Å². The Kier molecular flexibility index (Phi) is 4.09. The molecule has 0 amide bonds. The van der Waals surface area contributed by atoms with Crippen LogP contribution in [0.2, 0.25) is 0 Å². The molecular weight excluding hydrogens is 300 g/mol. The van der Waals surface area contributed by atoms with Gasteiger partial charge in [0.15, 0.2) is 0 Å². The number of hydrogen-bond acceptors (Lipinski definition) is 4. The number of carboxylic acids is 1. The second kappa shape index (κ2) is 5.77. The van der Waals surface area contributed by atoms with E-state index in [4.69, 9.17) is 9.52 Å². The third kappa shape index (κ3) is 3.40. The van der Waals surface area contributed by atoms with Crippen molar-refractivity contribution in [3.05, 3.63) is 34.6 Å². The number of aryl methyl sites for hydroxylation is 1. The SMILES string of the molecule is O=C(O)CCCc1nnc(-c2ccc(Br)cc2)o1. The summed E-state index contributed by atoms with van der Waals surface area (Å²) in [4.78, 5) is 10.4. The first-order chi connectivity index (χ1) is 8.65. The van der Waals surface area contributed by atoms with Crippen molar-refractivity contribution >= 4 is 21.9 Å². The lowest BCUT2D eigenvalue weighted by molar-refractivity contribution is -0.137. The molecule has 0 unspecified atom stereocenters. The van der Waals surface area contributed by atoms with E-state index in [1.807, 2.05) is 24.3 Å². The largest absolute Gasteiger partial charge is 0.481 e. The first kappa shape index (κ1) is 12.8. The third-order valence-corrected chi connectivity index (χ3v) is 2.87. The summed E-state index contributed by atoms with van der Waals surface area (Å²) in [5.41, 5.74) is 0.843. The predicted octanol–water partition coefficient (Wildman–Crippen LogP) is 2.91. The van der Waals surface area contributed by atoms with Crippen molar-refractivity contribution < 1.29 is 14.3 Å². The average molecular weight is 311 g/mol. The molecule has 0 aliphatic carbocycles. The van der Waals surface area contributed by atoms with E-state index in [1.165, 1.54) is 0 Å². The number of nitrogens with zero attached hydrogens (tertiary/aromatic N) is 2. The van der Waals surface area contributed by atoms with Crippen molar-refractivity contribution in [3.63, 3.8) is 0 Å². The fraction of sp³-hybridized carbons (Fsp3) is 0.250. The average Bonchev–Trinajstić information content (AvgIpc) is 2.78. The second-order valence-electron chi connectivity index (χ2n) is 3.76. The number of benzene rings is 1. The van der Waals surface area contributed by atoms with Crippen molar-refractivity contribution in [2.24, 2.45) is 0 Å². The van der Waals surface area contributed by atoms with E-state index in [-0.39, 0.29) is 6.42 Å². The summed E-state index contributed by atoms with van der Waals surface area (Å²) in [6.07, 6.45) is 1.09. The molecule has 94 valence electrons. The summed E-state index contributed by atoms with van der Waals surface area (Å²) >= 11 is 3.35. The Bertz CT molecular complexity index is 537. The molecule has 0 saturated heterocycles. The maximum absolute atomic E-state index is 10.4. The van der Waals surface area contributed by atoms with Gasteiger partial charge in [-0.1, -0.05) is 15.9 Å². The first-order valence-corrected chi connectivity index (χ1v) is 6.24. The zero-order chi connectivity index (χ0) is 13.0. The minimum Gasteiger partial charge on any atom is -0.481 e. The number of rotatable bonds is 5. The van der Waals surface area contributed by atoms with Crippen molar-refractivity contribution in [1.29, 1.82) is 0 Å². The van der Waals surface area contributed by atoms with Crippen LogP contribution in [0.5, 0.6) is 0 Å². The molecule has 18 heavy (non-hydrogen) atoms. The molecule has 1 aromatic heterocycles. The smallest absolute Gasteiger partial charge is 0.303 e. The van der Waals surface area contributed by atoms with Crippen LogP contribution < -0.4 is 0 Å². The number of carboxylic acid groups (broad SMARTS) is 1. The molecule has 0 saturated carbocycles. The molecule has 0 radical (unpaired) electrons. The van der Waals surface area contributed by atoms with Gasteiger partial charge in [-0.2, -0.15) is 0 Å². The molecule has 0 aliphatic rings. The summed E-state index contributed by atoms with van der Waals surface area (Å²) in [6, 6.07) is 7.53. The van der Waals surface area contributed by atoms with E-state index in [0.29, 0.717) is 24.6 Å². The standard InChI is InChI=1S/C12H11BrN2O3/c13-9-6-4-8(5-7-9)12-15-14-10(18-12)2-1-3-11(16)17/h4-7H,1-3H2,(H,16,17). The van der Waals surface area contributed by atoms with Crippen LogP contribution in [-0.2, 0) is 11.2 Å². The number of carbonyl (C=O) groups is 1. The topological polar surface area (TPSA) is 76.2 Å². The van der Waals surface area contributed by atoms with Gasteiger partial charge in [0.1, 0.15) is 0 Å². The van der Waals surface area contributed by atoms with Gasteiger partial charge in [0.2, 0.25) is 11.8 Å². The van der Waals surface area contributed by atoms with Gasteiger partial charge in [0, 0.05) is 22.9 Å². The maximum atomic E-state index is 10.4. The molecule has 1 heterocycles. The molecule has 0 spiro atoms. The molecule has 5 nitrogen and oxygen atoms in total. The van der Waals surface area contributed by atoms with Crippen LogP contribution in [0.3, 0.4) is 0 Å². The van der Waals surface area contributed by atoms with E-state index in [9.17, 15) is 4.79 Å². The van der Waals surface area contributed by atoms with Gasteiger partial charge in [-0.25, -0.2) is 0 Å². The molecule has 1 aromatic carbocycles. The van der Waals surface area contributed by atoms with Gasteiger partial charge in [-0.3, -0.25) is 4.79 Å². The molecule has 0 fully saturated rings. The molecule has 0 aliphatic heterocycles. The fourth-order valence-electron chi connectivity index (χ4n) is 1.45. The van der Waals surface area contributed by atoms with Crippen molar-refractivity contribution in [2.45, 2.75) is 19.3 Å². The molecule has 2 aromatic rings. The van der Waals surface area contributed by atoms with Gasteiger partial charge in [-0.05, 0) is 30.7 Å². The summed E-state index contributed by atoms with van der Waals surface area (Å²) < 4.78 is 6.44. The van der Waals surface area contributed by atoms with Crippen LogP contribution in [0.4, 0.5) is 0 Å². The quantitative estimate of drug-likeness (QED) is 0.919. The van der Waals surface area contributed by atoms with Gasteiger partial charge in [0.05, 0.1) is 0 Å². The van der Waals surface area contributed by atoms with Crippen LogP contribution in [0, 0.1) is 0 Å². The number of aliphatic carboxylic acids is 1. The normalized spacial score (nSPS) is 10.5. The summed E-state index contributed by atoms with van der Waals surface area (Å²) in [5.74, 6) is 0.102. The molecule has 0 bridgehead atoms. The van der Waals surface area contributed by atoms with E-state index >= 15 is 0 Å². The van der Waals surface area contributed by atoms with Crippen molar-refractivity contribution in [3.8, 4) is 11.5 Å². The summed E-state index contributed by atoms with van der Waals surface area (Å²) in [5, 5.41) is 16.4.